The predicted molar refractivity (Wildman–Crippen MR) is 119 cm³/mol. The Morgan fingerprint density at radius 2 is 2.23 bits per heavy atom. The highest BCUT2D eigenvalue weighted by atomic mass is 127. The van der Waals surface area contributed by atoms with Crippen molar-refractivity contribution in [3.05, 3.63) is 46.3 Å². The SMILES string of the molecule is CN=C(NCc1ccnc(OCC2CC2)c1)NCC(C)c1cccs1.I. The van der Waals surface area contributed by atoms with Gasteiger partial charge in [0.2, 0.25) is 5.88 Å². The smallest absolute Gasteiger partial charge is 0.213 e. The zero-order chi connectivity index (χ0) is 17.5. The fourth-order valence-corrected chi connectivity index (χ4v) is 3.24. The molecule has 0 aromatic carbocycles. The summed E-state index contributed by atoms with van der Waals surface area (Å²) in [5.41, 5.74) is 1.13. The van der Waals surface area contributed by atoms with Crippen LogP contribution in [0.25, 0.3) is 0 Å². The molecule has 7 heteroatoms. The lowest BCUT2D eigenvalue weighted by Gasteiger charge is -2.15. The van der Waals surface area contributed by atoms with Gasteiger partial charge in [-0.3, -0.25) is 4.99 Å². The Balaban J connectivity index is 0.00000243. The van der Waals surface area contributed by atoms with Crippen molar-refractivity contribution >= 4 is 41.3 Å². The van der Waals surface area contributed by atoms with E-state index >= 15 is 0 Å². The van der Waals surface area contributed by atoms with Gasteiger partial charge in [-0.25, -0.2) is 4.98 Å². The Morgan fingerprint density at radius 3 is 2.92 bits per heavy atom. The summed E-state index contributed by atoms with van der Waals surface area (Å²) in [7, 11) is 1.79. The minimum atomic E-state index is 0. The number of thiophene rings is 1. The van der Waals surface area contributed by atoms with Gasteiger partial charge in [0.25, 0.3) is 0 Å². The normalized spacial score (nSPS) is 15.1. The highest BCUT2D eigenvalue weighted by molar-refractivity contribution is 14.0. The Hall–Kier alpha value is -1.35. The molecule has 0 aliphatic heterocycles. The predicted octanol–water partition coefficient (Wildman–Crippen LogP) is 4.02. The third-order valence-corrected chi connectivity index (χ3v) is 5.36. The van der Waals surface area contributed by atoms with Crippen molar-refractivity contribution < 1.29 is 4.74 Å². The van der Waals surface area contributed by atoms with E-state index in [0.717, 1.165) is 30.6 Å². The maximum Gasteiger partial charge on any atom is 0.213 e. The summed E-state index contributed by atoms with van der Waals surface area (Å²) in [6, 6.07) is 8.26. The Labute approximate surface area is 176 Å². The Bertz CT molecular complexity index is 689. The zero-order valence-corrected chi connectivity index (χ0v) is 18.4. The first kappa shape index (κ1) is 21.0. The molecule has 0 bridgehead atoms. The van der Waals surface area contributed by atoms with E-state index in [9.17, 15) is 0 Å². The summed E-state index contributed by atoms with van der Waals surface area (Å²) in [5, 5.41) is 8.86. The maximum atomic E-state index is 5.74. The number of aliphatic imine (C=N–C) groups is 1. The number of aromatic nitrogens is 1. The third-order valence-electron chi connectivity index (χ3n) is 4.25. The summed E-state index contributed by atoms with van der Waals surface area (Å²) < 4.78 is 5.74. The molecule has 3 rings (SSSR count). The number of hydrogen-bond donors (Lipinski definition) is 2. The number of pyridine rings is 1. The molecule has 1 fully saturated rings. The van der Waals surface area contributed by atoms with Crippen LogP contribution in [0.15, 0.2) is 40.8 Å². The van der Waals surface area contributed by atoms with Crippen LogP contribution in [-0.4, -0.2) is 31.1 Å². The summed E-state index contributed by atoms with van der Waals surface area (Å²) in [4.78, 5) is 9.96. The topological polar surface area (TPSA) is 58.5 Å². The van der Waals surface area contributed by atoms with Crippen LogP contribution in [0.2, 0.25) is 0 Å². The van der Waals surface area contributed by atoms with Crippen molar-refractivity contribution in [2.75, 3.05) is 20.2 Å². The largest absolute Gasteiger partial charge is 0.477 e. The van der Waals surface area contributed by atoms with E-state index < -0.39 is 0 Å². The highest BCUT2D eigenvalue weighted by Gasteiger charge is 2.22. The van der Waals surface area contributed by atoms with Crippen molar-refractivity contribution in [3.8, 4) is 5.88 Å². The van der Waals surface area contributed by atoms with Gasteiger partial charge in [-0.1, -0.05) is 13.0 Å². The number of guanidine groups is 1. The number of ether oxygens (including phenoxy) is 1. The number of nitrogens with one attached hydrogen (secondary N) is 2. The molecule has 1 unspecified atom stereocenters. The second-order valence-electron chi connectivity index (χ2n) is 6.48. The molecule has 5 nitrogen and oxygen atoms in total. The highest BCUT2D eigenvalue weighted by Crippen LogP contribution is 2.29. The quantitative estimate of drug-likeness (QED) is 0.336. The van der Waals surface area contributed by atoms with Gasteiger partial charge in [-0.2, -0.15) is 0 Å². The lowest BCUT2D eigenvalue weighted by Crippen LogP contribution is -2.38. The molecule has 0 radical (unpaired) electrons. The van der Waals surface area contributed by atoms with Crippen LogP contribution in [0.3, 0.4) is 0 Å². The molecule has 0 spiro atoms. The molecular weight excluding hydrogens is 459 g/mol. The summed E-state index contributed by atoms with van der Waals surface area (Å²) in [5.74, 6) is 2.71. The second-order valence-corrected chi connectivity index (χ2v) is 7.46. The summed E-state index contributed by atoms with van der Waals surface area (Å²) in [6.07, 6.45) is 4.37. The van der Waals surface area contributed by atoms with Crippen LogP contribution in [0.4, 0.5) is 0 Å². The van der Waals surface area contributed by atoms with Crippen molar-refractivity contribution in [3.63, 3.8) is 0 Å². The molecule has 2 aromatic heterocycles. The number of hydrogen-bond acceptors (Lipinski definition) is 4. The van der Waals surface area contributed by atoms with E-state index in [1.165, 1.54) is 17.7 Å². The van der Waals surface area contributed by atoms with E-state index in [1.54, 1.807) is 24.6 Å². The molecule has 0 saturated heterocycles. The Morgan fingerprint density at radius 1 is 1.38 bits per heavy atom. The monoisotopic (exact) mass is 486 g/mol. The van der Waals surface area contributed by atoms with Crippen LogP contribution in [-0.2, 0) is 6.54 Å². The fraction of sp³-hybridized carbons (Fsp3) is 0.474. The van der Waals surface area contributed by atoms with Gasteiger partial charge in [0.15, 0.2) is 5.96 Å². The van der Waals surface area contributed by atoms with Gasteiger partial charge >= 0.3 is 0 Å². The van der Waals surface area contributed by atoms with Crippen molar-refractivity contribution in [2.24, 2.45) is 10.9 Å². The number of halogens is 1. The average molecular weight is 486 g/mol. The van der Waals surface area contributed by atoms with Crippen molar-refractivity contribution in [1.82, 2.24) is 15.6 Å². The minimum absolute atomic E-state index is 0. The fourth-order valence-electron chi connectivity index (χ4n) is 2.46. The molecule has 2 N–H and O–H groups in total. The molecule has 1 aliphatic carbocycles. The first-order valence-electron chi connectivity index (χ1n) is 8.80. The van der Waals surface area contributed by atoms with Crippen LogP contribution in [0.5, 0.6) is 5.88 Å². The molecular formula is C19H27IN4OS. The van der Waals surface area contributed by atoms with Crippen molar-refractivity contribution in [1.29, 1.82) is 0 Å². The van der Waals surface area contributed by atoms with Crippen molar-refractivity contribution in [2.45, 2.75) is 32.2 Å². The third kappa shape index (κ3) is 6.75. The molecule has 2 heterocycles. The molecule has 26 heavy (non-hydrogen) atoms. The van der Waals surface area contributed by atoms with Gasteiger partial charge in [0.05, 0.1) is 6.61 Å². The second kappa shape index (κ2) is 10.7. The van der Waals surface area contributed by atoms with E-state index in [1.807, 2.05) is 12.1 Å². The number of nitrogens with zero attached hydrogens (tertiary/aromatic N) is 2. The molecule has 1 aliphatic rings. The van der Waals surface area contributed by atoms with E-state index in [2.05, 4.69) is 45.0 Å². The van der Waals surface area contributed by atoms with Crippen LogP contribution < -0.4 is 15.4 Å². The average Bonchev–Trinajstić information content (AvgIpc) is 3.31. The lowest BCUT2D eigenvalue weighted by molar-refractivity contribution is 0.288. The van der Waals surface area contributed by atoms with E-state index in [4.69, 9.17) is 4.74 Å². The van der Waals surface area contributed by atoms with Crippen LogP contribution >= 0.6 is 35.3 Å². The van der Waals surface area contributed by atoms with Crippen LogP contribution in [0, 0.1) is 5.92 Å². The van der Waals surface area contributed by atoms with E-state index in [-0.39, 0.29) is 24.0 Å². The molecule has 1 saturated carbocycles. The molecule has 142 valence electrons. The minimum Gasteiger partial charge on any atom is -0.477 e. The van der Waals surface area contributed by atoms with Gasteiger partial charge in [-0.15, -0.1) is 35.3 Å². The molecule has 2 aromatic rings. The van der Waals surface area contributed by atoms with Gasteiger partial charge < -0.3 is 15.4 Å². The van der Waals surface area contributed by atoms with Gasteiger partial charge in [0.1, 0.15) is 0 Å². The van der Waals surface area contributed by atoms with E-state index in [0.29, 0.717) is 18.3 Å². The summed E-state index contributed by atoms with van der Waals surface area (Å²) in [6.45, 7) is 4.55. The van der Waals surface area contributed by atoms with Crippen LogP contribution in [0.1, 0.15) is 36.1 Å². The summed E-state index contributed by atoms with van der Waals surface area (Å²) >= 11 is 1.79. The van der Waals surface area contributed by atoms with Gasteiger partial charge in [-0.05, 0) is 41.8 Å². The lowest BCUT2D eigenvalue weighted by atomic mass is 10.1. The Kier molecular flexibility index (Phi) is 8.64. The standard InChI is InChI=1S/C19H26N4OS.HI/c1-14(17-4-3-9-25-17)11-22-19(20-2)23-12-16-7-8-21-18(10-16)24-13-15-5-6-15;/h3-4,7-10,14-15H,5-6,11-13H2,1-2H3,(H2,20,22,23);1H. The first-order valence-corrected chi connectivity index (χ1v) is 9.68. The zero-order valence-electron chi connectivity index (χ0n) is 15.3. The molecule has 1 atom stereocenters. The maximum absolute atomic E-state index is 5.74. The number of rotatable bonds is 8. The molecule has 0 amide bonds. The van der Waals surface area contributed by atoms with Gasteiger partial charge in [0, 0.05) is 43.2 Å². The first-order chi connectivity index (χ1) is 12.2.